The minimum atomic E-state index is -0.234. The lowest BCUT2D eigenvalue weighted by molar-refractivity contribution is -0.110. The number of anilines is 4. The number of carbonyl (C=O) groups is 1. The Morgan fingerprint density at radius 3 is 2.50 bits per heavy atom. The summed E-state index contributed by atoms with van der Waals surface area (Å²) in [5.41, 5.74) is 5.96. The van der Waals surface area contributed by atoms with Crippen LogP contribution in [0, 0.1) is 0 Å². The van der Waals surface area contributed by atoms with Crippen LogP contribution in [0.4, 0.5) is 22.9 Å². The first-order valence-electron chi connectivity index (χ1n) is 11.9. The maximum atomic E-state index is 13.2. The minimum absolute atomic E-state index is 0.234. The van der Waals surface area contributed by atoms with Crippen LogP contribution in [0.1, 0.15) is 24.8 Å². The van der Waals surface area contributed by atoms with Gasteiger partial charge in [0.05, 0.1) is 23.8 Å². The highest BCUT2D eigenvalue weighted by Crippen LogP contribution is 2.30. The third-order valence-corrected chi connectivity index (χ3v) is 6.71. The number of aliphatic imine (C=N–C) groups is 1. The number of amides is 1. The maximum absolute atomic E-state index is 13.2. The van der Waals surface area contributed by atoms with E-state index in [4.69, 9.17) is 0 Å². The molecule has 0 aliphatic carbocycles. The van der Waals surface area contributed by atoms with E-state index in [1.807, 2.05) is 36.7 Å². The van der Waals surface area contributed by atoms with Crippen LogP contribution >= 0.6 is 0 Å². The van der Waals surface area contributed by atoms with Gasteiger partial charge in [0, 0.05) is 49.2 Å². The number of benzene rings is 1. The molecular weight excluding hydrogens is 426 g/mol. The topological polar surface area (TPSA) is 85.8 Å². The molecule has 2 aromatic heterocycles. The molecule has 6 rings (SSSR count). The summed E-state index contributed by atoms with van der Waals surface area (Å²) >= 11 is 0. The fourth-order valence-electron chi connectivity index (χ4n) is 4.67. The highest BCUT2D eigenvalue weighted by molar-refractivity contribution is 6.50. The summed E-state index contributed by atoms with van der Waals surface area (Å²) in [6.45, 7) is 4.59. The van der Waals surface area contributed by atoms with Crippen LogP contribution in [-0.2, 0) is 4.79 Å². The average Bonchev–Trinajstić information content (AvgIpc) is 3.39. The Morgan fingerprint density at radius 1 is 0.882 bits per heavy atom. The van der Waals surface area contributed by atoms with Crippen molar-refractivity contribution < 1.29 is 4.79 Å². The zero-order chi connectivity index (χ0) is 22.9. The summed E-state index contributed by atoms with van der Waals surface area (Å²) < 4.78 is 0. The Kier molecular flexibility index (Phi) is 5.33. The smallest absolute Gasteiger partial charge is 0.274 e. The molecule has 1 amide bonds. The van der Waals surface area contributed by atoms with Gasteiger partial charge in [0.15, 0.2) is 0 Å². The van der Waals surface area contributed by atoms with Gasteiger partial charge >= 0.3 is 0 Å². The fourth-order valence-corrected chi connectivity index (χ4v) is 4.67. The number of pyridine rings is 2. The van der Waals surface area contributed by atoms with E-state index in [1.165, 1.54) is 19.3 Å². The second-order valence-corrected chi connectivity index (χ2v) is 8.93. The van der Waals surface area contributed by atoms with Gasteiger partial charge in [-0.1, -0.05) is 6.07 Å². The molecule has 34 heavy (non-hydrogen) atoms. The lowest BCUT2D eigenvalue weighted by Gasteiger charge is -2.31. The Hall–Kier alpha value is -3.94. The Balaban J connectivity index is 1.24. The van der Waals surface area contributed by atoms with E-state index in [2.05, 4.69) is 47.5 Å². The molecule has 3 aliphatic rings. The molecule has 3 aromatic rings. The standard InChI is InChI=1S/C26H27N7O/c34-26(31-20-5-7-24(28-15-20)33-10-3-11-33)25-22-13-18(4-6-23(22)29-17-30-25)19-12-21(16-27-14-19)32-8-1-2-9-32/h4-7,12-16,29H,1-3,8-11,17H2,(H,31,34). The van der Waals surface area contributed by atoms with Crippen molar-refractivity contribution in [3.8, 4) is 11.1 Å². The molecule has 8 nitrogen and oxygen atoms in total. The average molecular weight is 454 g/mol. The summed E-state index contributed by atoms with van der Waals surface area (Å²) in [6.07, 6.45) is 9.16. The highest BCUT2D eigenvalue weighted by atomic mass is 16.1. The van der Waals surface area contributed by atoms with Gasteiger partial charge in [-0.25, -0.2) is 4.98 Å². The number of hydrogen-bond acceptors (Lipinski definition) is 7. The van der Waals surface area contributed by atoms with E-state index in [-0.39, 0.29) is 5.91 Å². The number of hydrogen-bond donors (Lipinski definition) is 2. The molecule has 2 fully saturated rings. The molecule has 0 unspecified atom stereocenters. The zero-order valence-electron chi connectivity index (χ0n) is 19.0. The maximum Gasteiger partial charge on any atom is 0.274 e. The predicted octanol–water partition coefficient (Wildman–Crippen LogP) is 3.76. The van der Waals surface area contributed by atoms with Gasteiger partial charge in [-0.15, -0.1) is 0 Å². The van der Waals surface area contributed by atoms with Crippen LogP contribution in [0.5, 0.6) is 0 Å². The largest absolute Gasteiger partial charge is 0.370 e. The molecule has 0 radical (unpaired) electrons. The van der Waals surface area contributed by atoms with E-state index in [1.54, 1.807) is 6.20 Å². The number of carbonyl (C=O) groups excluding carboxylic acids is 1. The van der Waals surface area contributed by atoms with Crippen molar-refractivity contribution in [2.24, 2.45) is 4.99 Å². The lowest BCUT2D eigenvalue weighted by Crippen LogP contribution is -2.37. The van der Waals surface area contributed by atoms with Crippen molar-refractivity contribution in [1.29, 1.82) is 0 Å². The fraction of sp³-hybridized carbons (Fsp3) is 0.308. The second-order valence-electron chi connectivity index (χ2n) is 8.93. The van der Waals surface area contributed by atoms with Gasteiger partial charge in [-0.3, -0.25) is 14.8 Å². The van der Waals surface area contributed by atoms with Gasteiger partial charge in [0.2, 0.25) is 0 Å². The molecule has 0 atom stereocenters. The molecule has 2 saturated heterocycles. The molecule has 1 aromatic carbocycles. The third kappa shape index (κ3) is 3.96. The van der Waals surface area contributed by atoms with Crippen molar-refractivity contribution in [3.05, 3.63) is 60.6 Å². The van der Waals surface area contributed by atoms with Crippen LogP contribution in [-0.4, -0.2) is 54.4 Å². The first kappa shape index (κ1) is 20.7. The quantitative estimate of drug-likeness (QED) is 0.612. The Morgan fingerprint density at radius 2 is 1.74 bits per heavy atom. The predicted molar refractivity (Wildman–Crippen MR) is 136 cm³/mol. The van der Waals surface area contributed by atoms with Gasteiger partial charge in [0.25, 0.3) is 5.91 Å². The monoisotopic (exact) mass is 453 g/mol. The highest BCUT2D eigenvalue weighted by Gasteiger charge is 2.22. The Labute approximate surface area is 198 Å². The summed E-state index contributed by atoms with van der Waals surface area (Å²) in [4.78, 5) is 31.2. The number of nitrogens with zero attached hydrogens (tertiary/aromatic N) is 5. The molecule has 172 valence electrons. The van der Waals surface area contributed by atoms with Crippen molar-refractivity contribution in [3.63, 3.8) is 0 Å². The number of aromatic nitrogens is 2. The summed E-state index contributed by atoms with van der Waals surface area (Å²) in [5.74, 6) is 0.713. The molecule has 0 saturated carbocycles. The molecule has 8 heteroatoms. The number of nitrogens with one attached hydrogen (secondary N) is 2. The van der Waals surface area contributed by atoms with Crippen LogP contribution in [0.25, 0.3) is 11.1 Å². The first-order chi connectivity index (χ1) is 16.7. The molecular formula is C26H27N7O. The van der Waals surface area contributed by atoms with Gasteiger partial charge in [-0.05, 0) is 55.2 Å². The Bertz CT molecular complexity index is 1240. The minimum Gasteiger partial charge on any atom is -0.370 e. The van der Waals surface area contributed by atoms with E-state index in [0.717, 1.165) is 60.1 Å². The van der Waals surface area contributed by atoms with E-state index >= 15 is 0 Å². The molecule has 0 bridgehead atoms. The van der Waals surface area contributed by atoms with E-state index in [9.17, 15) is 4.79 Å². The first-order valence-corrected chi connectivity index (χ1v) is 11.9. The summed E-state index contributed by atoms with van der Waals surface area (Å²) in [7, 11) is 0. The van der Waals surface area contributed by atoms with Crippen LogP contribution in [0.15, 0.2) is 60.0 Å². The van der Waals surface area contributed by atoms with E-state index < -0.39 is 0 Å². The molecule has 3 aliphatic heterocycles. The van der Waals surface area contributed by atoms with Crippen molar-refractivity contribution >= 4 is 34.5 Å². The number of fused-ring (bicyclic) bond motifs is 1. The van der Waals surface area contributed by atoms with Crippen molar-refractivity contribution in [2.75, 3.05) is 53.3 Å². The number of rotatable bonds is 5. The van der Waals surface area contributed by atoms with Crippen LogP contribution in [0.3, 0.4) is 0 Å². The molecule has 2 N–H and O–H groups in total. The second kappa shape index (κ2) is 8.78. The van der Waals surface area contributed by atoms with Crippen LogP contribution < -0.4 is 20.4 Å². The zero-order valence-corrected chi connectivity index (χ0v) is 19.0. The normalized spacial score (nSPS) is 16.9. The van der Waals surface area contributed by atoms with Gasteiger partial charge < -0.3 is 20.4 Å². The molecule has 0 spiro atoms. The summed E-state index contributed by atoms with van der Waals surface area (Å²) in [5, 5.41) is 6.23. The molecule has 5 heterocycles. The lowest BCUT2D eigenvalue weighted by atomic mass is 9.98. The van der Waals surface area contributed by atoms with E-state index in [0.29, 0.717) is 18.1 Å². The van der Waals surface area contributed by atoms with Crippen molar-refractivity contribution in [1.82, 2.24) is 9.97 Å². The van der Waals surface area contributed by atoms with Gasteiger partial charge in [0.1, 0.15) is 18.2 Å². The van der Waals surface area contributed by atoms with Gasteiger partial charge in [-0.2, -0.15) is 0 Å². The van der Waals surface area contributed by atoms with Crippen LogP contribution in [0.2, 0.25) is 0 Å². The third-order valence-electron chi connectivity index (χ3n) is 6.71. The summed E-state index contributed by atoms with van der Waals surface area (Å²) in [6, 6.07) is 12.1. The SMILES string of the molecule is O=C(Nc1ccc(N2CCC2)nc1)C1=NCNc2ccc(-c3cncc(N4CCCC4)c3)cc21. The van der Waals surface area contributed by atoms with Crippen molar-refractivity contribution in [2.45, 2.75) is 19.3 Å².